The van der Waals surface area contributed by atoms with Crippen molar-refractivity contribution in [3.05, 3.63) is 30.1 Å². The highest BCUT2D eigenvalue weighted by molar-refractivity contribution is 5.75. The zero-order valence-electron chi connectivity index (χ0n) is 13.4. The van der Waals surface area contributed by atoms with Crippen LogP contribution in [-0.4, -0.2) is 14.7 Å². The SMILES string of the molecule is CCCCCCCCCn1c(C(C)O)nc2ccccc21. The van der Waals surface area contributed by atoms with E-state index in [0.717, 1.165) is 29.8 Å². The highest BCUT2D eigenvalue weighted by Crippen LogP contribution is 2.21. The van der Waals surface area contributed by atoms with E-state index in [-0.39, 0.29) is 0 Å². The van der Waals surface area contributed by atoms with Gasteiger partial charge in [0.1, 0.15) is 11.9 Å². The monoisotopic (exact) mass is 288 g/mol. The number of unbranched alkanes of at least 4 members (excludes halogenated alkanes) is 6. The van der Waals surface area contributed by atoms with Gasteiger partial charge in [-0.15, -0.1) is 0 Å². The molecule has 1 heterocycles. The van der Waals surface area contributed by atoms with Crippen molar-refractivity contribution in [3.63, 3.8) is 0 Å². The number of hydrogen-bond donors (Lipinski definition) is 1. The third-order valence-corrected chi connectivity index (χ3v) is 4.04. The van der Waals surface area contributed by atoms with Crippen LogP contribution in [0.5, 0.6) is 0 Å². The number of para-hydroxylation sites is 2. The topological polar surface area (TPSA) is 38.0 Å². The van der Waals surface area contributed by atoms with Crippen LogP contribution in [0, 0.1) is 0 Å². The second-order valence-corrected chi connectivity index (χ2v) is 5.91. The Morgan fingerprint density at radius 2 is 1.71 bits per heavy atom. The molecule has 0 aliphatic heterocycles. The fraction of sp³-hybridized carbons (Fsp3) is 0.611. The predicted molar refractivity (Wildman–Crippen MR) is 88.4 cm³/mol. The summed E-state index contributed by atoms with van der Waals surface area (Å²) >= 11 is 0. The molecule has 1 aromatic heterocycles. The summed E-state index contributed by atoms with van der Waals surface area (Å²) in [5.74, 6) is 0.794. The lowest BCUT2D eigenvalue weighted by molar-refractivity contribution is 0.184. The Bertz CT molecular complexity index is 545. The van der Waals surface area contributed by atoms with Crippen molar-refractivity contribution >= 4 is 11.0 Å². The molecular weight excluding hydrogens is 260 g/mol. The van der Waals surface area contributed by atoms with E-state index in [9.17, 15) is 5.11 Å². The van der Waals surface area contributed by atoms with Gasteiger partial charge in [-0.3, -0.25) is 0 Å². The molecule has 0 radical (unpaired) electrons. The van der Waals surface area contributed by atoms with Gasteiger partial charge in [0, 0.05) is 6.54 Å². The lowest BCUT2D eigenvalue weighted by Gasteiger charge is -2.10. The zero-order chi connectivity index (χ0) is 15.1. The molecule has 116 valence electrons. The number of aliphatic hydroxyl groups is 1. The molecule has 1 atom stereocenters. The maximum Gasteiger partial charge on any atom is 0.138 e. The molecule has 1 unspecified atom stereocenters. The number of hydrogen-bond acceptors (Lipinski definition) is 2. The van der Waals surface area contributed by atoms with Gasteiger partial charge in [-0.05, 0) is 25.5 Å². The molecule has 21 heavy (non-hydrogen) atoms. The van der Waals surface area contributed by atoms with Crippen LogP contribution in [0.4, 0.5) is 0 Å². The van der Waals surface area contributed by atoms with E-state index in [1.165, 1.54) is 38.5 Å². The highest BCUT2D eigenvalue weighted by Gasteiger charge is 2.13. The summed E-state index contributed by atoms with van der Waals surface area (Å²) < 4.78 is 2.19. The fourth-order valence-electron chi connectivity index (χ4n) is 2.88. The van der Waals surface area contributed by atoms with E-state index in [0.29, 0.717) is 0 Å². The van der Waals surface area contributed by atoms with Gasteiger partial charge < -0.3 is 9.67 Å². The van der Waals surface area contributed by atoms with Crippen LogP contribution in [0.2, 0.25) is 0 Å². The number of fused-ring (bicyclic) bond motifs is 1. The molecule has 0 fully saturated rings. The minimum absolute atomic E-state index is 0.512. The number of aliphatic hydroxyl groups excluding tert-OH is 1. The molecule has 0 amide bonds. The summed E-state index contributed by atoms with van der Waals surface area (Å²) in [6.07, 6.45) is 8.60. The van der Waals surface area contributed by atoms with Crippen LogP contribution >= 0.6 is 0 Å². The lowest BCUT2D eigenvalue weighted by Crippen LogP contribution is -2.07. The smallest absolute Gasteiger partial charge is 0.138 e. The third-order valence-electron chi connectivity index (χ3n) is 4.04. The molecule has 0 aliphatic carbocycles. The summed E-state index contributed by atoms with van der Waals surface area (Å²) in [5.41, 5.74) is 2.12. The summed E-state index contributed by atoms with van der Waals surface area (Å²) in [6.45, 7) is 5.00. The number of aryl methyl sites for hydroxylation is 1. The summed E-state index contributed by atoms with van der Waals surface area (Å²) in [7, 11) is 0. The van der Waals surface area contributed by atoms with E-state index in [1.807, 2.05) is 18.2 Å². The minimum atomic E-state index is -0.512. The summed E-state index contributed by atoms with van der Waals surface area (Å²) in [5, 5.41) is 9.92. The molecule has 0 aliphatic rings. The average Bonchev–Trinajstić information content (AvgIpc) is 2.85. The lowest BCUT2D eigenvalue weighted by atomic mass is 10.1. The first-order valence-corrected chi connectivity index (χ1v) is 8.37. The Kier molecular flexibility index (Phi) is 6.24. The van der Waals surface area contributed by atoms with E-state index in [1.54, 1.807) is 6.92 Å². The van der Waals surface area contributed by atoms with Gasteiger partial charge in [0.05, 0.1) is 11.0 Å². The van der Waals surface area contributed by atoms with Crippen molar-refractivity contribution in [2.24, 2.45) is 0 Å². The quantitative estimate of drug-likeness (QED) is 0.670. The molecular formula is C18H28N2O. The summed E-state index contributed by atoms with van der Waals surface area (Å²) in [4.78, 5) is 4.56. The fourth-order valence-corrected chi connectivity index (χ4v) is 2.88. The van der Waals surface area contributed by atoms with E-state index >= 15 is 0 Å². The van der Waals surface area contributed by atoms with Crippen LogP contribution in [0.25, 0.3) is 11.0 Å². The molecule has 0 bridgehead atoms. The second-order valence-electron chi connectivity index (χ2n) is 5.91. The first kappa shape index (κ1) is 16.0. The Morgan fingerprint density at radius 1 is 1.05 bits per heavy atom. The molecule has 0 saturated heterocycles. The molecule has 2 aromatic rings. The number of rotatable bonds is 9. The molecule has 2 rings (SSSR count). The van der Waals surface area contributed by atoms with Crippen molar-refractivity contribution in [2.75, 3.05) is 0 Å². The molecule has 0 spiro atoms. The van der Waals surface area contributed by atoms with Crippen LogP contribution in [0.1, 0.15) is 70.7 Å². The van der Waals surface area contributed by atoms with Crippen LogP contribution < -0.4 is 0 Å². The Hall–Kier alpha value is -1.35. The number of aromatic nitrogens is 2. The van der Waals surface area contributed by atoms with Gasteiger partial charge in [0.15, 0.2) is 0 Å². The molecule has 3 heteroatoms. The highest BCUT2D eigenvalue weighted by atomic mass is 16.3. The maximum absolute atomic E-state index is 9.92. The predicted octanol–water partition coefficient (Wildman–Crippen LogP) is 4.84. The number of benzene rings is 1. The van der Waals surface area contributed by atoms with Gasteiger partial charge in [0.25, 0.3) is 0 Å². The largest absolute Gasteiger partial charge is 0.385 e. The standard InChI is InChI=1S/C18H28N2O/c1-3-4-5-6-7-8-11-14-20-17-13-10-9-12-16(17)19-18(20)15(2)21/h9-10,12-13,15,21H,3-8,11,14H2,1-2H3. The third kappa shape index (κ3) is 4.31. The van der Waals surface area contributed by atoms with Crippen LogP contribution in [0.3, 0.4) is 0 Å². The van der Waals surface area contributed by atoms with E-state index in [2.05, 4.69) is 22.5 Å². The number of imidazole rings is 1. The Balaban J connectivity index is 1.93. The Labute approximate surface area is 128 Å². The van der Waals surface area contributed by atoms with E-state index in [4.69, 9.17) is 0 Å². The van der Waals surface area contributed by atoms with E-state index < -0.39 is 6.10 Å². The van der Waals surface area contributed by atoms with Crippen molar-refractivity contribution in [1.82, 2.24) is 9.55 Å². The van der Waals surface area contributed by atoms with Crippen molar-refractivity contribution in [1.29, 1.82) is 0 Å². The minimum Gasteiger partial charge on any atom is -0.385 e. The first-order chi connectivity index (χ1) is 10.2. The normalized spacial score (nSPS) is 12.9. The van der Waals surface area contributed by atoms with Gasteiger partial charge in [0.2, 0.25) is 0 Å². The van der Waals surface area contributed by atoms with Gasteiger partial charge in [-0.2, -0.15) is 0 Å². The van der Waals surface area contributed by atoms with Gasteiger partial charge in [-0.1, -0.05) is 57.6 Å². The second kappa shape index (κ2) is 8.18. The zero-order valence-corrected chi connectivity index (χ0v) is 13.4. The van der Waals surface area contributed by atoms with Gasteiger partial charge >= 0.3 is 0 Å². The maximum atomic E-state index is 9.92. The molecule has 1 N–H and O–H groups in total. The number of nitrogens with zero attached hydrogens (tertiary/aromatic N) is 2. The molecule has 1 aromatic carbocycles. The summed E-state index contributed by atoms with van der Waals surface area (Å²) in [6, 6.07) is 8.15. The van der Waals surface area contributed by atoms with Crippen molar-refractivity contribution in [2.45, 2.75) is 71.4 Å². The molecule has 3 nitrogen and oxygen atoms in total. The first-order valence-electron chi connectivity index (χ1n) is 8.37. The van der Waals surface area contributed by atoms with Crippen LogP contribution in [-0.2, 0) is 6.54 Å². The Morgan fingerprint density at radius 3 is 2.43 bits per heavy atom. The van der Waals surface area contributed by atoms with Crippen LogP contribution in [0.15, 0.2) is 24.3 Å². The van der Waals surface area contributed by atoms with Crippen molar-refractivity contribution in [3.8, 4) is 0 Å². The molecule has 0 saturated carbocycles. The average molecular weight is 288 g/mol. The van der Waals surface area contributed by atoms with Gasteiger partial charge in [-0.25, -0.2) is 4.98 Å². The van der Waals surface area contributed by atoms with Crippen molar-refractivity contribution < 1.29 is 5.11 Å².